The van der Waals surface area contributed by atoms with Crippen molar-refractivity contribution in [2.75, 3.05) is 11.9 Å². The molecule has 1 aromatic carbocycles. The first-order valence-electron chi connectivity index (χ1n) is 4.30. The van der Waals surface area contributed by atoms with Crippen LogP contribution in [0.2, 0.25) is 5.02 Å². The quantitative estimate of drug-likeness (QED) is 0.816. The second kappa shape index (κ2) is 4.15. The van der Waals surface area contributed by atoms with Crippen LogP contribution in [0.3, 0.4) is 0 Å². The van der Waals surface area contributed by atoms with Crippen molar-refractivity contribution in [3.63, 3.8) is 0 Å². The number of anilines is 1. The van der Waals surface area contributed by atoms with Gasteiger partial charge in [0.2, 0.25) is 0 Å². The topological polar surface area (TPSA) is 32.3 Å². The Morgan fingerprint density at radius 2 is 2.14 bits per heavy atom. The second-order valence-corrected chi connectivity index (χ2v) is 4.23. The summed E-state index contributed by atoms with van der Waals surface area (Å²) in [5, 5.41) is 12.7. The fourth-order valence-corrected chi connectivity index (χ4v) is 1.12. The molecule has 1 rings (SSSR count). The molecule has 14 heavy (non-hydrogen) atoms. The molecule has 0 heterocycles. The third kappa shape index (κ3) is 3.52. The number of hydrogen-bond acceptors (Lipinski definition) is 2. The van der Waals surface area contributed by atoms with E-state index in [4.69, 9.17) is 11.6 Å². The Bertz CT molecular complexity index is 322. The molecule has 0 spiro atoms. The number of rotatable bonds is 3. The molecule has 0 unspecified atom stereocenters. The van der Waals surface area contributed by atoms with Crippen LogP contribution in [-0.2, 0) is 0 Å². The Morgan fingerprint density at radius 1 is 1.50 bits per heavy atom. The molecule has 0 saturated heterocycles. The summed E-state index contributed by atoms with van der Waals surface area (Å²) >= 11 is 5.70. The predicted octanol–water partition coefficient (Wildman–Crippen LogP) is 2.66. The average Bonchev–Trinajstić information content (AvgIpc) is 2.05. The summed E-state index contributed by atoms with van der Waals surface area (Å²) in [6, 6.07) is 4.25. The van der Waals surface area contributed by atoms with Gasteiger partial charge in [-0.1, -0.05) is 11.6 Å². The second-order valence-electron chi connectivity index (χ2n) is 3.79. The monoisotopic (exact) mass is 217 g/mol. The van der Waals surface area contributed by atoms with Crippen molar-refractivity contribution in [1.29, 1.82) is 0 Å². The van der Waals surface area contributed by atoms with E-state index in [2.05, 4.69) is 5.32 Å². The molecular formula is C10H13ClFNO. The van der Waals surface area contributed by atoms with Gasteiger partial charge in [0, 0.05) is 11.6 Å². The highest BCUT2D eigenvalue weighted by atomic mass is 35.5. The lowest BCUT2D eigenvalue weighted by atomic mass is 10.1. The summed E-state index contributed by atoms with van der Waals surface area (Å²) < 4.78 is 13.1. The van der Waals surface area contributed by atoms with E-state index in [0.717, 1.165) is 0 Å². The lowest BCUT2D eigenvalue weighted by molar-refractivity contribution is 0.0944. The maximum atomic E-state index is 13.1. The van der Waals surface area contributed by atoms with Crippen molar-refractivity contribution in [3.8, 4) is 0 Å². The SMILES string of the molecule is CC(C)(O)CNc1cc(Cl)ccc1F. The van der Waals surface area contributed by atoms with Crippen LogP contribution in [0.5, 0.6) is 0 Å². The van der Waals surface area contributed by atoms with Crippen LogP contribution in [-0.4, -0.2) is 17.3 Å². The van der Waals surface area contributed by atoms with Gasteiger partial charge in [-0.2, -0.15) is 0 Å². The summed E-state index contributed by atoms with van der Waals surface area (Å²) in [4.78, 5) is 0. The molecule has 4 heteroatoms. The molecule has 0 bridgehead atoms. The molecule has 0 aliphatic rings. The molecule has 0 radical (unpaired) electrons. The van der Waals surface area contributed by atoms with Gasteiger partial charge in [0.15, 0.2) is 0 Å². The van der Waals surface area contributed by atoms with E-state index in [-0.39, 0.29) is 12.4 Å². The van der Waals surface area contributed by atoms with Crippen LogP contribution in [0.15, 0.2) is 18.2 Å². The summed E-state index contributed by atoms with van der Waals surface area (Å²) in [5.74, 6) is -0.376. The molecule has 78 valence electrons. The van der Waals surface area contributed by atoms with Crippen molar-refractivity contribution in [1.82, 2.24) is 0 Å². The zero-order chi connectivity index (χ0) is 10.8. The molecule has 0 saturated carbocycles. The smallest absolute Gasteiger partial charge is 0.146 e. The fourth-order valence-electron chi connectivity index (χ4n) is 0.944. The van der Waals surface area contributed by atoms with Crippen molar-refractivity contribution in [2.45, 2.75) is 19.4 Å². The largest absolute Gasteiger partial charge is 0.389 e. The van der Waals surface area contributed by atoms with E-state index in [1.54, 1.807) is 13.8 Å². The van der Waals surface area contributed by atoms with Gasteiger partial charge < -0.3 is 10.4 Å². The van der Waals surface area contributed by atoms with Gasteiger partial charge in [0.05, 0.1) is 11.3 Å². The highest BCUT2D eigenvalue weighted by Crippen LogP contribution is 2.20. The molecule has 2 nitrogen and oxygen atoms in total. The third-order valence-corrected chi connectivity index (χ3v) is 1.87. The van der Waals surface area contributed by atoms with Gasteiger partial charge >= 0.3 is 0 Å². The minimum absolute atomic E-state index is 0.268. The highest BCUT2D eigenvalue weighted by molar-refractivity contribution is 6.30. The molecule has 1 aromatic rings. The first kappa shape index (κ1) is 11.3. The van der Waals surface area contributed by atoms with Gasteiger partial charge in [0.1, 0.15) is 5.82 Å². The Labute approximate surface area is 87.7 Å². The number of hydrogen-bond donors (Lipinski definition) is 2. The van der Waals surface area contributed by atoms with E-state index in [1.807, 2.05) is 0 Å². The van der Waals surface area contributed by atoms with E-state index in [1.165, 1.54) is 18.2 Å². The van der Waals surface area contributed by atoms with Crippen LogP contribution in [0.1, 0.15) is 13.8 Å². The van der Waals surface area contributed by atoms with Crippen molar-refractivity contribution >= 4 is 17.3 Å². The summed E-state index contributed by atoms with van der Waals surface area (Å²) in [6.45, 7) is 3.55. The minimum Gasteiger partial charge on any atom is -0.389 e. The predicted molar refractivity (Wildman–Crippen MR) is 56.2 cm³/mol. The molecule has 0 amide bonds. The van der Waals surface area contributed by atoms with Crippen molar-refractivity contribution < 1.29 is 9.50 Å². The molecule has 2 N–H and O–H groups in total. The average molecular weight is 218 g/mol. The Hall–Kier alpha value is -0.800. The third-order valence-electron chi connectivity index (χ3n) is 1.64. The van der Waals surface area contributed by atoms with E-state index >= 15 is 0 Å². The Balaban J connectivity index is 2.72. The molecule has 0 aromatic heterocycles. The minimum atomic E-state index is -0.880. The van der Waals surface area contributed by atoms with Crippen molar-refractivity contribution in [3.05, 3.63) is 29.0 Å². The standard InChI is InChI=1S/C10H13ClFNO/c1-10(2,14)6-13-9-5-7(11)3-4-8(9)12/h3-5,13-14H,6H2,1-2H3. The van der Waals surface area contributed by atoms with Gasteiger partial charge in [-0.25, -0.2) is 4.39 Å². The number of halogens is 2. The van der Waals surface area contributed by atoms with E-state index in [9.17, 15) is 9.50 Å². The Morgan fingerprint density at radius 3 is 2.71 bits per heavy atom. The van der Waals surface area contributed by atoms with E-state index in [0.29, 0.717) is 10.7 Å². The van der Waals surface area contributed by atoms with Gasteiger partial charge in [-0.05, 0) is 32.0 Å². The van der Waals surface area contributed by atoms with E-state index < -0.39 is 5.60 Å². The summed E-state index contributed by atoms with van der Waals surface area (Å²) in [5.41, 5.74) is -0.575. The van der Waals surface area contributed by atoms with Crippen LogP contribution < -0.4 is 5.32 Å². The number of nitrogens with one attached hydrogen (secondary N) is 1. The van der Waals surface area contributed by atoms with Crippen LogP contribution in [0.25, 0.3) is 0 Å². The number of benzene rings is 1. The zero-order valence-electron chi connectivity index (χ0n) is 8.14. The highest BCUT2D eigenvalue weighted by Gasteiger charge is 2.12. The molecule has 0 aliphatic heterocycles. The molecule has 0 fully saturated rings. The summed E-state index contributed by atoms with van der Waals surface area (Å²) in [7, 11) is 0. The first-order valence-corrected chi connectivity index (χ1v) is 4.67. The maximum absolute atomic E-state index is 13.1. The normalized spacial score (nSPS) is 11.5. The fraction of sp³-hybridized carbons (Fsp3) is 0.400. The number of aliphatic hydroxyl groups is 1. The Kier molecular flexibility index (Phi) is 3.34. The van der Waals surface area contributed by atoms with Crippen molar-refractivity contribution in [2.24, 2.45) is 0 Å². The maximum Gasteiger partial charge on any atom is 0.146 e. The lowest BCUT2D eigenvalue weighted by Crippen LogP contribution is -2.29. The molecule has 0 aliphatic carbocycles. The zero-order valence-corrected chi connectivity index (χ0v) is 8.90. The summed E-state index contributed by atoms with van der Waals surface area (Å²) in [6.07, 6.45) is 0. The van der Waals surface area contributed by atoms with Crippen LogP contribution in [0, 0.1) is 5.82 Å². The molecular weight excluding hydrogens is 205 g/mol. The van der Waals surface area contributed by atoms with Crippen LogP contribution >= 0.6 is 11.6 Å². The van der Waals surface area contributed by atoms with Gasteiger partial charge in [0.25, 0.3) is 0 Å². The lowest BCUT2D eigenvalue weighted by Gasteiger charge is -2.18. The van der Waals surface area contributed by atoms with Gasteiger partial charge in [-0.3, -0.25) is 0 Å². The molecule has 0 atom stereocenters. The van der Waals surface area contributed by atoms with Gasteiger partial charge in [-0.15, -0.1) is 0 Å². The first-order chi connectivity index (χ1) is 6.38. The van der Waals surface area contributed by atoms with Crippen LogP contribution in [0.4, 0.5) is 10.1 Å².